The van der Waals surface area contributed by atoms with E-state index in [1.807, 2.05) is 30.9 Å². The smallest absolute Gasteiger partial charge is 0.377 e. The zero-order chi connectivity index (χ0) is 25.7. The van der Waals surface area contributed by atoms with Gasteiger partial charge >= 0.3 is 6.18 Å². The van der Waals surface area contributed by atoms with Gasteiger partial charge in [0.25, 0.3) is 0 Å². The van der Waals surface area contributed by atoms with E-state index in [0.29, 0.717) is 37.6 Å². The van der Waals surface area contributed by atoms with Crippen LogP contribution < -0.4 is 15.6 Å². The van der Waals surface area contributed by atoms with Crippen molar-refractivity contribution in [2.75, 3.05) is 35.4 Å². The van der Waals surface area contributed by atoms with Gasteiger partial charge in [0, 0.05) is 17.9 Å². The molecule has 1 aromatic heterocycles. The van der Waals surface area contributed by atoms with Gasteiger partial charge < -0.3 is 15.0 Å². The average Bonchev–Trinajstić information content (AvgIpc) is 2.86. The summed E-state index contributed by atoms with van der Waals surface area (Å²) >= 11 is 0. The van der Waals surface area contributed by atoms with E-state index < -0.39 is 17.6 Å². The Labute approximate surface area is 206 Å². The molecule has 1 aliphatic rings. The third-order valence-corrected chi connectivity index (χ3v) is 5.74. The molecule has 36 heavy (non-hydrogen) atoms. The Morgan fingerprint density at radius 1 is 1.19 bits per heavy atom. The fourth-order valence-electron chi connectivity index (χ4n) is 3.87. The Morgan fingerprint density at radius 2 is 2.00 bits per heavy atom. The molecule has 1 unspecified atom stereocenters. The molecule has 3 aromatic rings. The lowest BCUT2D eigenvalue weighted by Crippen LogP contribution is -2.44. The van der Waals surface area contributed by atoms with Crippen LogP contribution >= 0.6 is 0 Å². The van der Waals surface area contributed by atoms with Crippen molar-refractivity contribution in [2.45, 2.75) is 32.5 Å². The van der Waals surface area contributed by atoms with Crippen LogP contribution in [0.5, 0.6) is 0 Å². The summed E-state index contributed by atoms with van der Waals surface area (Å²) < 4.78 is 58.7. The number of morpholine rings is 1. The highest BCUT2D eigenvalue weighted by molar-refractivity contribution is 5.83. The third-order valence-electron chi connectivity index (χ3n) is 5.74. The lowest BCUT2D eigenvalue weighted by molar-refractivity contribution is -0.137. The van der Waals surface area contributed by atoms with Crippen LogP contribution in [0, 0.1) is 5.82 Å². The standard InChI is InChI=1S/C25H26F4N6O/c1-3-17-11-21(32-20-6-4-5-19(12-20)25(27,28)29)8-7-18(17)13-31-34-24-30-14-22(26)23(33-24)35-9-10-36-15-16(35)2/h4-8,11-14,16,32H,3,9-10,15H2,1-2H3,(H,30,33,34)/b31-13+. The Balaban J connectivity index is 1.46. The molecule has 4 rings (SSSR count). The van der Waals surface area contributed by atoms with E-state index in [9.17, 15) is 17.6 Å². The number of nitrogens with zero attached hydrogens (tertiary/aromatic N) is 4. The first-order valence-corrected chi connectivity index (χ1v) is 11.5. The monoisotopic (exact) mass is 502 g/mol. The van der Waals surface area contributed by atoms with E-state index in [0.717, 1.165) is 29.5 Å². The van der Waals surface area contributed by atoms with Crippen LogP contribution in [0.1, 0.15) is 30.5 Å². The van der Waals surface area contributed by atoms with Gasteiger partial charge in [-0.2, -0.15) is 23.3 Å². The lowest BCUT2D eigenvalue weighted by atomic mass is 10.0. The molecule has 2 aromatic carbocycles. The maximum atomic E-state index is 14.4. The summed E-state index contributed by atoms with van der Waals surface area (Å²) in [6.07, 6.45) is -1.04. The van der Waals surface area contributed by atoms with Gasteiger partial charge in [0.05, 0.1) is 37.2 Å². The van der Waals surface area contributed by atoms with E-state index in [4.69, 9.17) is 4.74 Å². The van der Waals surface area contributed by atoms with Crippen molar-refractivity contribution >= 4 is 29.4 Å². The average molecular weight is 503 g/mol. The molecule has 0 aliphatic carbocycles. The summed E-state index contributed by atoms with van der Waals surface area (Å²) in [6, 6.07) is 10.4. The Bertz CT molecular complexity index is 1230. The van der Waals surface area contributed by atoms with Gasteiger partial charge in [-0.25, -0.2) is 14.8 Å². The summed E-state index contributed by atoms with van der Waals surface area (Å²) in [5, 5.41) is 7.21. The van der Waals surface area contributed by atoms with E-state index >= 15 is 0 Å². The number of alkyl halides is 3. The number of hydrogen-bond acceptors (Lipinski definition) is 7. The number of nitrogens with one attached hydrogen (secondary N) is 2. The van der Waals surface area contributed by atoms with Crippen LogP contribution in [-0.2, 0) is 17.3 Å². The molecule has 7 nitrogen and oxygen atoms in total. The van der Waals surface area contributed by atoms with E-state index in [1.54, 1.807) is 18.3 Å². The fraction of sp³-hybridized carbons (Fsp3) is 0.320. The molecule has 0 saturated carbocycles. The van der Waals surface area contributed by atoms with Gasteiger partial charge in [0.2, 0.25) is 5.95 Å². The van der Waals surface area contributed by atoms with Gasteiger partial charge in [-0.15, -0.1) is 0 Å². The number of benzene rings is 2. The SMILES string of the molecule is CCc1cc(Nc2cccc(C(F)(F)F)c2)ccc1/C=N/Nc1ncc(F)c(N2CCOCC2C)n1. The van der Waals surface area contributed by atoms with Gasteiger partial charge in [-0.05, 0) is 54.8 Å². The molecular formula is C25H26F4N6O. The van der Waals surface area contributed by atoms with Crippen LogP contribution in [-0.4, -0.2) is 42.0 Å². The maximum Gasteiger partial charge on any atom is 0.416 e. The molecule has 2 heterocycles. The Kier molecular flexibility index (Phi) is 7.68. The van der Waals surface area contributed by atoms with Crippen molar-refractivity contribution in [1.82, 2.24) is 9.97 Å². The largest absolute Gasteiger partial charge is 0.416 e. The summed E-state index contributed by atoms with van der Waals surface area (Å²) in [5.74, 6) is -0.171. The summed E-state index contributed by atoms with van der Waals surface area (Å²) in [6.45, 7) is 5.41. The van der Waals surface area contributed by atoms with E-state index in [2.05, 4.69) is 25.8 Å². The van der Waals surface area contributed by atoms with Crippen molar-refractivity contribution in [3.63, 3.8) is 0 Å². The first-order chi connectivity index (χ1) is 17.2. The highest BCUT2D eigenvalue weighted by Gasteiger charge is 2.30. The fourth-order valence-corrected chi connectivity index (χ4v) is 3.87. The number of rotatable bonds is 7. The van der Waals surface area contributed by atoms with Gasteiger partial charge in [0.15, 0.2) is 11.6 Å². The van der Waals surface area contributed by atoms with E-state index in [-0.39, 0.29) is 17.8 Å². The Hall–Kier alpha value is -3.73. The summed E-state index contributed by atoms with van der Waals surface area (Å²) in [7, 11) is 0. The number of aryl methyl sites for hydroxylation is 1. The molecular weight excluding hydrogens is 476 g/mol. The number of halogens is 4. The topological polar surface area (TPSA) is 74.7 Å². The van der Waals surface area contributed by atoms with Crippen LogP contribution in [0.4, 0.5) is 40.7 Å². The predicted molar refractivity (Wildman–Crippen MR) is 131 cm³/mol. The molecule has 1 atom stereocenters. The second-order valence-electron chi connectivity index (χ2n) is 8.32. The minimum atomic E-state index is -4.41. The zero-order valence-corrected chi connectivity index (χ0v) is 19.8. The molecule has 190 valence electrons. The molecule has 0 amide bonds. The van der Waals surface area contributed by atoms with Crippen LogP contribution in [0.15, 0.2) is 53.8 Å². The zero-order valence-electron chi connectivity index (χ0n) is 19.8. The molecule has 2 N–H and O–H groups in total. The number of aromatic nitrogens is 2. The van der Waals surface area contributed by atoms with Crippen molar-refractivity contribution in [2.24, 2.45) is 5.10 Å². The molecule has 0 bridgehead atoms. The summed E-state index contributed by atoms with van der Waals surface area (Å²) in [4.78, 5) is 10.1. The second-order valence-corrected chi connectivity index (χ2v) is 8.32. The first-order valence-electron chi connectivity index (χ1n) is 11.5. The number of anilines is 4. The van der Waals surface area contributed by atoms with Gasteiger partial charge in [0.1, 0.15) is 0 Å². The molecule has 0 radical (unpaired) electrons. The number of ether oxygens (including phenoxy) is 1. The second kappa shape index (κ2) is 10.9. The minimum Gasteiger partial charge on any atom is -0.377 e. The van der Waals surface area contributed by atoms with Crippen LogP contribution in [0.3, 0.4) is 0 Å². The molecule has 1 aliphatic heterocycles. The predicted octanol–water partition coefficient (Wildman–Crippen LogP) is 5.61. The van der Waals surface area contributed by atoms with Crippen molar-refractivity contribution in [3.8, 4) is 0 Å². The normalized spacial score (nSPS) is 16.4. The van der Waals surface area contributed by atoms with Gasteiger partial charge in [-0.3, -0.25) is 0 Å². The van der Waals surface area contributed by atoms with Crippen LogP contribution in [0.2, 0.25) is 0 Å². The maximum absolute atomic E-state index is 14.4. The minimum absolute atomic E-state index is 0.0188. The quantitative estimate of drug-likeness (QED) is 0.249. The van der Waals surface area contributed by atoms with Crippen LogP contribution in [0.25, 0.3) is 0 Å². The molecule has 1 saturated heterocycles. The lowest BCUT2D eigenvalue weighted by Gasteiger charge is -2.34. The Morgan fingerprint density at radius 3 is 2.75 bits per heavy atom. The first kappa shape index (κ1) is 25.4. The van der Waals surface area contributed by atoms with Crippen molar-refractivity contribution in [1.29, 1.82) is 0 Å². The molecule has 0 spiro atoms. The van der Waals surface area contributed by atoms with Crippen molar-refractivity contribution < 1.29 is 22.3 Å². The molecule has 11 heteroatoms. The number of hydrogen-bond donors (Lipinski definition) is 2. The third kappa shape index (κ3) is 6.09. The number of hydrazone groups is 1. The highest BCUT2D eigenvalue weighted by Crippen LogP contribution is 2.31. The molecule has 1 fully saturated rings. The van der Waals surface area contributed by atoms with Crippen molar-refractivity contribution in [3.05, 3.63) is 71.2 Å². The van der Waals surface area contributed by atoms with Gasteiger partial charge in [-0.1, -0.05) is 19.1 Å². The van der Waals surface area contributed by atoms with E-state index in [1.165, 1.54) is 6.07 Å². The summed E-state index contributed by atoms with van der Waals surface area (Å²) in [5.41, 5.74) is 4.76. The highest BCUT2D eigenvalue weighted by atomic mass is 19.4.